The smallest absolute Gasteiger partial charge is 0.349 e. The van der Waals surface area contributed by atoms with E-state index in [2.05, 4.69) is 20.1 Å². The van der Waals surface area contributed by atoms with Crippen LogP contribution in [0.3, 0.4) is 0 Å². The first kappa shape index (κ1) is 11.5. The summed E-state index contributed by atoms with van der Waals surface area (Å²) in [5.41, 5.74) is 0.228. The van der Waals surface area contributed by atoms with E-state index in [4.69, 9.17) is 10.7 Å². The average Bonchev–Trinajstić information content (AvgIpc) is 2.15. The monoisotopic (exact) mass is 298 g/mol. The third-order valence-corrected chi connectivity index (χ3v) is 3.11. The fourth-order valence-electron chi connectivity index (χ4n) is 0.798. The maximum Gasteiger partial charge on any atom is 0.349 e. The molecule has 0 atom stereocenters. The Hall–Kier alpha value is -0.590. The molecule has 0 saturated carbocycles. The van der Waals surface area contributed by atoms with E-state index in [9.17, 15) is 13.2 Å². The third-order valence-electron chi connectivity index (χ3n) is 1.44. The second-order valence-corrected chi connectivity index (χ2v) is 5.22. The molecule has 14 heavy (non-hydrogen) atoms. The lowest BCUT2D eigenvalue weighted by Gasteiger charge is -1.98. The molecule has 76 valence electrons. The van der Waals surface area contributed by atoms with Crippen molar-refractivity contribution in [3.05, 3.63) is 29.8 Å². The molecule has 0 bridgehead atoms. The molecule has 0 N–H and O–H groups in total. The van der Waals surface area contributed by atoms with Gasteiger partial charge in [0.2, 0.25) is 0 Å². The van der Waals surface area contributed by atoms with Gasteiger partial charge < -0.3 is 3.83 Å². The van der Waals surface area contributed by atoms with Gasteiger partial charge in [-0.25, -0.2) is 13.2 Å². The molecule has 1 rings (SSSR count). The number of halogens is 2. The van der Waals surface area contributed by atoms with Gasteiger partial charge in [0.15, 0.2) is 16.3 Å². The Balaban J connectivity index is 3.07. The summed E-state index contributed by atoms with van der Waals surface area (Å²) in [4.78, 5) is 10.9. The van der Waals surface area contributed by atoms with E-state index < -0.39 is 15.0 Å². The molecule has 0 heterocycles. The van der Waals surface area contributed by atoms with Gasteiger partial charge in [0.1, 0.15) is 0 Å². The maximum atomic E-state index is 10.9. The highest BCUT2D eigenvalue weighted by atomic mass is 79.9. The van der Waals surface area contributed by atoms with Gasteiger partial charge in [-0.3, -0.25) is 0 Å². The Morgan fingerprint density at radius 1 is 1.29 bits per heavy atom. The van der Waals surface area contributed by atoms with Gasteiger partial charge in [-0.05, 0) is 24.3 Å². The normalized spacial score (nSPS) is 11.0. The molecule has 0 saturated heterocycles. The zero-order valence-electron chi connectivity index (χ0n) is 6.61. The highest BCUT2D eigenvalue weighted by Crippen LogP contribution is 2.15. The molecule has 7 heteroatoms. The Labute approximate surface area is 93.7 Å². The molecule has 0 spiro atoms. The summed E-state index contributed by atoms with van der Waals surface area (Å²) in [6, 6.07) is 5.06. The lowest BCUT2D eigenvalue weighted by molar-refractivity contribution is 0.0782. The zero-order valence-corrected chi connectivity index (χ0v) is 9.76. The fraction of sp³-hybridized carbons (Fsp3) is 0. The molecule has 1 aromatic rings. The summed E-state index contributed by atoms with van der Waals surface area (Å²) in [6.07, 6.45) is 0. The van der Waals surface area contributed by atoms with E-state index >= 15 is 0 Å². The minimum atomic E-state index is -3.74. The molecular weight excluding hydrogens is 295 g/mol. The molecule has 0 aliphatic heterocycles. The highest BCUT2D eigenvalue weighted by Gasteiger charge is 2.11. The van der Waals surface area contributed by atoms with Gasteiger partial charge >= 0.3 is 5.97 Å². The number of carbonyl (C=O) groups excluding carboxylic acids is 1. The van der Waals surface area contributed by atoms with Crippen LogP contribution in [0.4, 0.5) is 0 Å². The van der Waals surface area contributed by atoms with Crippen LogP contribution in [0, 0.1) is 0 Å². The second-order valence-electron chi connectivity index (χ2n) is 2.33. The molecule has 0 unspecified atom stereocenters. The van der Waals surface area contributed by atoms with Crippen molar-refractivity contribution in [2.75, 3.05) is 0 Å². The molecule has 0 aliphatic carbocycles. The molecular formula is C7H4BrClO4S. The first-order valence-corrected chi connectivity index (χ1v) is 6.28. The van der Waals surface area contributed by atoms with Crippen molar-refractivity contribution in [1.82, 2.24) is 0 Å². The van der Waals surface area contributed by atoms with Crippen molar-refractivity contribution < 1.29 is 17.0 Å². The third kappa shape index (κ3) is 2.70. The SMILES string of the molecule is O=C(OBr)c1ccc(S(=O)(=O)Cl)cc1. The van der Waals surface area contributed by atoms with Crippen LogP contribution in [0.15, 0.2) is 29.2 Å². The quantitative estimate of drug-likeness (QED) is 0.785. The largest absolute Gasteiger partial charge is 0.380 e. The van der Waals surface area contributed by atoms with Crippen LogP contribution >= 0.6 is 26.9 Å². The van der Waals surface area contributed by atoms with Crippen LogP contribution in [-0.4, -0.2) is 14.4 Å². The topological polar surface area (TPSA) is 60.4 Å². The summed E-state index contributed by atoms with van der Waals surface area (Å²) < 4.78 is 25.9. The van der Waals surface area contributed by atoms with Crippen molar-refractivity contribution in [2.24, 2.45) is 0 Å². The van der Waals surface area contributed by atoms with Crippen LogP contribution in [0.25, 0.3) is 0 Å². The van der Waals surface area contributed by atoms with E-state index in [1.807, 2.05) is 0 Å². The van der Waals surface area contributed by atoms with Gasteiger partial charge in [0.05, 0.1) is 10.5 Å². The minimum absolute atomic E-state index is 0.0645. The number of benzene rings is 1. The molecule has 0 fully saturated rings. The van der Waals surface area contributed by atoms with Crippen LogP contribution < -0.4 is 0 Å². The summed E-state index contributed by atoms with van der Waals surface area (Å²) in [7, 11) is 1.33. The van der Waals surface area contributed by atoms with E-state index in [0.29, 0.717) is 0 Å². The summed E-state index contributed by atoms with van der Waals surface area (Å²) >= 11 is 2.52. The number of hydrogen-bond acceptors (Lipinski definition) is 4. The van der Waals surface area contributed by atoms with E-state index in [1.165, 1.54) is 24.3 Å². The Morgan fingerprint density at radius 3 is 2.14 bits per heavy atom. The standard InChI is InChI=1S/C7H4BrClO4S/c8-13-7(10)5-1-3-6(4-2-5)14(9,11)12/h1-4H. The van der Waals surface area contributed by atoms with Crippen LogP contribution in [0.1, 0.15) is 10.4 Å². The molecule has 0 radical (unpaired) electrons. The van der Waals surface area contributed by atoms with E-state index in [1.54, 1.807) is 0 Å². The highest BCUT2D eigenvalue weighted by molar-refractivity contribution is 9.06. The minimum Gasteiger partial charge on any atom is -0.380 e. The van der Waals surface area contributed by atoms with Crippen molar-refractivity contribution in [3.8, 4) is 0 Å². The van der Waals surface area contributed by atoms with Crippen molar-refractivity contribution in [1.29, 1.82) is 0 Å². The molecule has 0 aromatic heterocycles. The van der Waals surface area contributed by atoms with Gasteiger partial charge in [0.25, 0.3) is 9.05 Å². The summed E-state index contributed by atoms with van der Waals surface area (Å²) in [6.45, 7) is 0. The number of rotatable bonds is 2. The van der Waals surface area contributed by atoms with Gasteiger partial charge in [-0.2, -0.15) is 0 Å². The summed E-state index contributed by atoms with van der Waals surface area (Å²) in [5, 5.41) is 0. The summed E-state index contributed by atoms with van der Waals surface area (Å²) in [5.74, 6) is -0.608. The van der Waals surface area contributed by atoms with E-state index in [0.717, 1.165) is 0 Å². The number of carbonyl (C=O) groups is 1. The van der Waals surface area contributed by atoms with Crippen molar-refractivity contribution in [2.45, 2.75) is 4.90 Å². The molecule has 0 amide bonds. The lowest BCUT2D eigenvalue weighted by atomic mass is 10.2. The predicted molar refractivity (Wildman–Crippen MR) is 53.8 cm³/mol. The lowest BCUT2D eigenvalue weighted by Crippen LogP contribution is -1.98. The van der Waals surface area contributed by atoms with Crippen molar-refractivity contribution >= 4 is 42.0 Å². The van der Waals surface area contributed by atoms with Crippen LogP contribution in [-0.2, 0) is 12.9 Å². The zero-order chi connectivity index (χ0) is 10.8. The van der Waals surface area contributed by atoms with Crippen LogP contribution in [0.2, 0.25) is 0 Å². The predicted octanol–water partition coefficient (Wildman–Crippen LogP) is 2.08. The van der Waals surface area contributed by atoms with Gasteiger partial charge in [-0.15, -0.1) is 0 Å². The molecule has 4 nitrogen and oxygen atoms in total. The van der Waals surface area contributed by atoms with Gasteiger partial charge in [0, 0.05) is 10.7 Å². The Bertz CT molecular complexity index is 439. The Kier molecular flexibility index (Phi) is 3.52. The maximum absolute atomic E-state index is 10.9. The fourth-order valence-corrected chi connectivity index (χ4v) is 1.75. The van der Waals surface area contributed by atoms with E-state index in [-0.39, 0.29) is 10.5 Å². The van der Waals surface area contributed by atoms with Crippen LogP contribution in [0.5, 0.6) is 0 Å². The first-order valence-electron chi connectivity index (χ1n) is 3.33. The van der Waals surface area contributed by atoms with Crippen molar-refractivity contribution in [3.63, 3.8) is 0 Å². The second kappa shape index (κ2) is 4.29. The number of hydrogen-bond donors (Lipinski definition) is 0. The first-order chi connectivity index (χ1) is 6.45. The van der Waals surface area contributed by atoms with Gasteiger partial charge in [-0.1, -0.05) is 0 Å². The average molecular weight is 300 g/mol. The molecule has 1 aromatic carbocycles. The Morgan fingerprint density at radius 2 is 1.79 bits per heavy atom. The molecule has 0 aliphatic rings.